The van der Waals surface area contributed by atoms with Crippen LogP contribution in [0.3, 0.4) is 0 Å². The third-order valence-corrected chi connectivity index (χ3v) is 0.167. The third kappa shape index (κ3) is 39.5. The molecule has 40 valence electrons. The van der Waals surface area contributed by atoms with Crippen molar-refractivity contribution in [3.63, 3.8) is 0 Å². The molecule has 0 saturated heterocycles. The van der Waals surface area contributed by atoms with E-state index < -0.39 is 0 Å². The van der Waals surface area contributed by atoms with Crippen molar-refractivity contribution in [1.82, 2.24) is 0 Å². The minimum Gasteiger partial charge on any atom is -0.305 e. The predicted molar refractivity (Wildman–Crippen MR) is 27.2 cm³/mol. The molecule has 6 heavy (non-hydrogen) atoms. The van der Waals surface area contributed by atoms with E-state index in [2.05, 4.69) is 10.7 Å². The maximum Gasteiger partial charge on any atom is 0.0651 e. The lowest BCUT2D eigenvalue weighted by molar-refractivity contribution is 0.152. The largest absolute Gasteiger partial charge is 0.305 e. The van der Waals surface area contributed by atoms with Gasteiger partial charge in [-0.25, -0.2) is 5.90 Å². The fourth-order valence-corrected chi connectivity index (χ4v) is 0. The highest BCUT2D eigenvalue weighted by atomic mass is 16.6. The summed E-state index contributed by atoms with van der Waals surface area (Å²) in [4.78, 5) is 4.04. The van der Waals surface area contributed by atoms with Crippen LogP contribution in [0.5, 0.6) is 0 Å². The molecule has 2 heteroatoms. The Morgan fingerprint density at radius 1 is 1.50 bits per heavy atom. The SMILES string of the molecule is CC.CCON. The van der Waals surface area contributed by atoms with E-state index >= 15 is 0 Å². The van der Waals surface area contributed by atoms with Gasteiger partial charge in [0.2, 0.25) is 0 Å². The first-order valence-electron chi connectivity index (χ1n) is 2.23. The lowest BCUT2D eigenvalue weighted by atomic mass is 10.9. The Kier molecular flexibility index (Phi) is 31.9. The van der Waals surface area contributed by atoms with Crippen LogP contribution in [-0.4, -0.2) is 6.61 Å². The van der Waals surface area contributed by atoms with E-state index in [0.29, 0.717) is 6.61 Å². The molecule has 0 radical (unpaired) electrons. The highest BCUT2D eigenvalue weighted by Crippen LogP contribution is 1.46. The molecule has 0 heterocycles. The molecule has 0 aromatic heterocycles. The summed E-state index contributed by atoms with van der Waals surface area (Å²) in [5.74, 6) is 4.53. The molecule has 0 aromatic carbocycles. The van der Waals surface area contributed by atoms with Gasteiger partial charge in [0.1, 0.15) is 0 Å². The molecule has 0 unspecified atom stereocenters. The molecule has 0 atom stereocenters. The first-order valence-corrected chi connectivity index (χ1v) is 2.23. The second kappa shape index (κ2) is 20.5. The van der Waals surface area contributed by atoms with Crippen LogP contribution in [0.1, 0.15) is 20.8 Å². The quantitative estimate of drug-likeness (QED) is 0.487. The summed E-state index contributed by atoms with van der Waals surface area (Å²) in [6.45, 7) is 6.43. The molecule has 0 aliphatic carbocycles. The number of rotatable bonds is 1. The van der Waals surface area contributed by atoms with Gasteiger partial charge in [0.05, 0.1) is 6.61 Å². The fraction of sp³-hybridized carbons (Fsp3) is 1.00. The second-order valence-corrected chi connectivity index (χ2v) is 0.455. The van der Waals surface area contributed by atoms with Crippen LogP contribution < -0.4 is 5.90 Å². The van der Waals surface area contributed by atoms with Crippen molar-refractivity contribution in [3.05, 3.63) is 0 Å². The smallest absolute Gasteiger partial charge is 0.0651 e. The molecule has 0 aromatic rings. The summed E-state index contributed by atoms with van der Waals surface area (Å²) >= 11 is 0. The van der Waals surface area contributed by atoms with Gasteiger partial charge in [0.15, 0.2) is 0 Å². The minimum atomic E-state index is 0.597. The van der Waals surface area contributed by atoms with Crippen molar-refractivity contribution in [2.75, 3.05) is 6.61 Å². The van der Waals surface area contributed by atoms with Crippen LogP contribution in [0.15, 0.2) is 0 Å². The summed E-state index contributed by atoms with van der Waals surface area (Å²) in [5.41, 5.74) is 0. The first kappa shape index (κ1) is 9.33. The number of hydrogen-bond acceptors (Lipinski definition) is 2. The normalized spacial score (nSPS) is 6.00. The Morgan fingerprint density at radius 3 is 1.67 bits per heavy atom. The van der Waals surface area contributed by atoms with Crippen molar-refractivity contribution >= 4 is 0 Å². The van der Waals surface area contributed by atoms with Crippen LogP contribution in [0.2, 0.25) is 0 Å². The van der Waals surface area contributed by atoms with Gasteiger partial charge < -0.3 is 4.84 Å². The minimum absolute atomic E-state index is 0.597. The zero-order valence-electron chi connectivity index (χ0n) is 4.69. The van der Waals surface area contributed by atoms with Gasteiger partial charge in [-0.2, -0.15) is 0 Å². The van der Waals surface area contributed by atoms with Crippen LogP contribution in [0.25, 0.3) is 0 Å². The Labute approximate surface area is 39.2 Å². The highest BCUT2D eigenvalue weighted by molar-refractivity contribution is 3.91. The van der Waals surface area contributed by atoms with Crippen LogP contribution in [0.4, 0.5) is 0 Å². The predicted octanol–water partition coefficient (Wildman–Crippen LogP) is 0.923. The average Bonchev–Trinajstić information content (AvgIpc) is 1.72. The van der Waals surface area contributed by atoms with E-state index in [9.17, 15) is 0 Å². The van der Waals surface area contributed by atoms with Gasteiger partial charge >= 0.3 is 0 Å². The lowest BCUT2D eigenvalue weighted by Crippen LogP contribution is -1.94. The molecule has 0 aliphatic heterocycles. The van der Waals surface area contributed by atoms with Gasteiger partial charge in [0.25, 0.3) is 0 Å². The van der Waals surface area contributed by atoms with Crippen LogP contribution >= 0.6 is 0 Å². The van der Waals surface area contributed by atoms with E-state index in [1.54, 1.807) is 0 Å². The van der Waals surface area contributed by atoms with Crippen LogP contribution in [-0.2, 0) is 4.84 Å². The molecule has 0 bridgehead atoms. The van der Waals surface area contributed by atoms with E-state index in [0.717, 1.165) is 0 Å². The zero-order valence-corrected chi connectivity index (χ0v) is 4.69. The van der Waals surface area contributed by atoms with E-state index in [4.69, 9.17) is 0 Å². The lowest BCUT2D eigenvalue weighted by Gasteiger charge is -1.76. The second-order valence-electron chi connectivity index (χ2n) is 0.455. The summed E-state index contributed by atoms with van der Waals surface area (Å²) in [6.07, 6.45) is 0. The molecular weight excluding hydrogens is 78.0 g/mol. The maximum absolute atomic E-state index is 4.53. The summed E-state index contributed by atoms with van der Waals surface area (Å²) in [6, 6.07) is 0. The van der Waals surface area contributed by atoms with Crippen molar-refractivity contribution in [2.45, 2.75) is 20.8 Å². The molecule has 0 rings (SSSR count). The van der Waals surface area contributed by atoms with E-state index in [1.165, 1.54) is 0 Å². The Hall–Kier alpha value is -0.0800. The summed E-state index contributed by atoms with van der Waals surface area (Å²) in [7, 11) is 0. The Balaban J connectivity index is 0. The van der Waals surface area contributed by atoms with Gasteiger partial charge in [-0.05, 0) is 6.92 Å². The number of nitrogens with two attached hydrogens (primary N) is 1. The molecule has 0 aliphatic rings. The van der Waals surface area contributed by atoms with E-state index in [-0.39, 0.29) is 0 Å². The Bertz CT molecular complexity index is 9.51. The molecule has 0 fully saturated rings. The fourth-order valence-electron chi connectivity index (χ4n) is 0. The van der Waals surface area contributed by atoms with Crippen molar-refractivity contribution in [1.29, 1.82) is 0 Å². The maximum atomic E-state index is 4.53. The van der Waals surface area contributed by atoms with Crippen LogP contribution in [0, 0.1) is 0 Å². The first-order chi connectivity index (χ1) is 2.91. The van der Waals surface area contributed by atoms with Gasteiger partial charge in [-0.15, -0.1) is 0 Å². The van der Waals surface area contributed by atoms with Crippen molar-refractivity contribution < 1.29 is 4.84 Å². The van der Waals surface area contributed by atoms with Gasteiger partial charge in [-0.3, -0.25) is 0 Å². The number of hydrogen-bond donors (Lipinski definition) is 1. The Morgan fingerprint density at radius 2 is 1.67 bits per heavy atom. The average molecular weight is 91.2 g/mol. The monoisotopic (exact) mass is 91.1 g/mol. The van der Waals surface area contributed by atoms with Crippen molar-refractivity contribution in [3.8, 4) is 0 Å². The highest BCUT2D eigenvalue weighted by Gasteiger charge is 1.52. The van der Waals surface area contributed by atoms with Gasteiger partial charge in [-0.1, -0.05) is 13.8 Å². The van der Waals surface area contributed by atoms with Gasteiger partial charge in [0, 0.05) is 0 Å². The third-order valence-electron chi connectivity index (χ3n) is 0.167. The van der Waals surface area contributed by atoms with E-state index in [1.807, 2.05) is 20.8 Å². The zero-order chi connectivity index (χ0) is 5.41. The molecule has 0 spiro atoms. The molecule has 2 nitrogen and oxygen atoms in total. The summed E-state index contributed by atoms with van der Waals surface area (Å²) < 4.78 is 0. The molecule has 2 N–H and O–H groups in total. The molecule has 0 amide bonds. The molecular formula is C4H13NO. The molecule has 0 saturated carbocycles. The summed E-state index contributed by atoms with van der Waals surface area (Å²) in [5, 5.41) is 0. The van der Waals surface area contributed by atoms with Crippen molar-refractivity contribution in [2.24, 2.45) is 5.90 Å². The topological polar surface area (TPSA) is 35.2 Å². The standard InChI is InChI=1S/C2H7NO.C2H6/c1-2-4-3;1-2/h2-3H2,1H3;1-2H3.